The molecule has 2 aliphatic rings. The van der Waals surface area contributed by atoms with Crippen LogP contribution in [0.15, 0.2) is 24.4 Å². The summed E-state index contributed by atoms with van der Waals surface area (Å²) in [7, 11) is 0. The number of nitrogens with one attached hydrogen (secondary N) is 1. The Bertz CT molecular complexity index is 694. The molecule has 2 saturated heterocycles. The zero-order valence-electron chi connectivity index (χ0n) is 14.8. The standard InChI is InChI=1S/C19H27N5/c1-15-9-16(2)11-18(10-15)24-21-12-17(22-24)13-23-8-5-19(14-23)3-6-20-7-4-19/h9-12,20H,3-8,13-14H2,1-2H3. The first kappa shape index (κ1) is 15.8. The molecular weight excluding hydrogens is 298 g/mol. The maximum absolute atomic E-state index is 4.71. The fraction of sp³-hybridized carbons (Fsp3) is 0.579. The van der Waals surface area contributed by atoms with E-state index < -0.39 is 0 Å². The first-order valence-electron chi connectivity index (χ1n) is 9.05. The molecule has 2 fully saturated rings. The second-order valence-corrected chi connectivity index (χ2v) is 7.68. The van der Waals surface area contributed by atoms with Gasteiger partial charge in [-0.05, 0) is 81.4 Å². The molecule has 5 heteroatoms. The number of aryl methyl sites for hydroxylation is 2. The van der Waals surface area contributed by atoms with E-state index in [2.05, 4.69) is 47.4 Å². The van der Waals surface area contributed by atoms with Gasteiger partial charge < -0.3 is 5.32 Å². The Labute approximate surface area is 144 Å². The molecule has 3 heterocycles. The van der Waals surface area contributed by atoms with Crippen LogP contribution >= 0.6 is 0 Å². The molecule has 2 aliphatic heterocycles. The van der Waals surface area contributed by atoms with Gasteiger partial charge in [-0.1, -0.05) is 6.07 Å². The van der Waals surface area contributed by atoms with Gasteiger partial charge in [0.2, 0.25) is 0 Å². The van der Waals surface area contributed by atoms with Crippen molar-refractivity contribution in [2.24, 2.45) is 5.41 Å². The highest BCUT2D eigenvalue weighted by molar-refractivity contribution is 5.37. The number of piperidine rings is 1. The van der Waals surface area contributed by atoms with Crippen LogP contribution in [-0.2, 0) is 6.54 Å². The van der Waals surface area contributed by atoms with Crippen LogP contribution in [0, 0.1) is 19.3 Å². The van der Waals surface area contributed by atoms with E-state index >= 15 is 0 Å². The van der Waals surface area contributed by atoms with Crippen LogP contribution in [0.25, 0.3) is 5.69 Å². The lowest BCUT2D eigenvalue weighted by Gasteiger charge is -2.33. The largest absolute Gasteiger partial charge is 0.317 e. The number of aromatic nitrogens is 3. The third-order valence-electron chi connectivity index (χ3n) is 5.54. The van der Waals surface area contributed by atoms with Crippen molar-refractivity contribution in [3.05, 3.63) is 41.2 Å². The molecule has 2 aromatic rings. The molecule has 1 aromatic carbocycles. The molecule has 1 spiro atoms. The summed E-state index contributed by atoms with van der Waals surface area (Å²) >= 11 is 0. The summed E-state index contributed by atoms with van der Waals surface area (Å²) < 4.78 is 0. The predicted octanol–water partition coefficient (Wildman–Crippen LogP) is 2.46. The van der Waals surface area contributed by atoms with E-state index in [0.29, 0.717) is 5.41 Å². The van der Waals surface area contributed by atoms with Gasteiger partial charge in [0.1, 0.15) is 0 Å². The van der Waals surface area contributed by atoms with E-state index in [0.717, 1.165) is 17.9 Å². The average molecular weight is 325 g/mol. The van der Waals surface area contributed by atoms with Crippen LogP contribution in [-0.4, -0.2) is 46.1 Å². The molecular formula is C19H27N5. The Hall–Kier alpha value is -1.72. The van der Waals surface area contributed by atoms with Crippen LogP contribution in [0.2, 0.25) is 0 Å². The van der Waals surface area contributed by atoms with Gasteiger partial charge in [0, 0.05) is 13.1 Å². The highest BCUT2D eigenvalue weighted by Gasteiger charge is 2.38. The van der Waals surface area contributed by atoms with Crippen molar-refractivity contribution >= 4 is 0 Å². The first-order valence-corrected chi connectivity index (χ1v) is 9.05. The van der Waals surface area contributed by atoms with Gasteiger partial charge >= 0.3 is 0 Å². The normalized spacial score (nSPS) is 20.8. The highest BCUT2D eigenvalue weighted by atomic mass is 15.5. The lowest BCUT2D eigenvalue weighted by molar-refractivity contribution is 0.193. The smallest absolute Gasteiger partial charge is 0.0971 e. The predicted molar refractivity (Wildman–Crippen MR) is 95.3 cm³/mol. The van der Waals surface area contributed by atoms with Crippen molar-refractivity contribution in [1.82, 2.24) is 25.2 Å². The quantitative estimate of drug-likeness (QED) is 0.942. The van der Waals surface area contributed by atoms with E-state index in [1.54, 1.807) is 4.80 Å². The van der Waals surface area contributed by atoms with Crippen molar-refractivity contribution in [1.29, 1.82) is 0 Å². The van der Waals surface area contributed by atoms with Crippen LogP contribution in [0.3, 0.4) is 0 Å². The van der Waals surface area contributed by atoms with Crippen molar-refractivity contribution in [3.63, 3.8) is 0 Å². The molecule has 0 saturated carbocycles. The fourth-order valence-electron chi connectivity index (χ4n) is 4.31. The Morgan fingerprint density at radius 3 is 2.58 bits per heavy atom. The third-order valence-corrected chi connectivity index (χ3v) is 5.54. The first-order chi connectivity index (χ1) is 11.6. The number of nitrogens with zero attached hydrogens (tertiary/aromatic N) is 4. The number of rotatable bonds is 3. The van der Waals surface area contributed by atoms with E-state index in [1.165, 1.54) is 56.6 Å². The van der Waals surface area contributed by atoms with Crippen LogP contribution in [0.5, 0.6) is 0 Å². The van der Waals surface area contributed by atoms with Crippen molar-refractivity contribution in [2.45, 2.75) is 39.7 Å². The van der Waals surface area contributed by atoms with Crippen molar-refractivity contribution in [3.8, 4) is 5.69 Å². The highest BCUT2D eigenvalue weighted by Crippen LogP contribution is 2.38. The monoisotopic (exact) mass is 325 g/mol. The molecule has 1 aromatic heterocycles. The minimum absolute atomic E-state index is 0.550. The Morgan fingerprint density at radius 2 is 1.83 bits per heavy atom. The summed E-state index contributed by atoms with van der Waals surface area (Å²) in [5.41, 5.74) is 5.16. The Morgan fingerprint density at radius 1 is 1.08 bits per heavy atom. The summed E-state index contributed by atoms with van der Waals surface area (Å²) in [6.07, 6.45) is 5.89. The van der Waals surface area contributed by atoms with Crippen LogP contribution < -0.4 is 5.32 Å². The van der Waals surface area contributed by atoms with Gasteiger partial charge in [0.25, 0.3) is 0 Å². The summed E-state index contributed by atoms with van der Waals surface area (Å²) in [6, 6.07) is 6.45. The Kier molecular flexibility index (Phi) is 4.14. The molecule has 0 unspecified atom stereocenters. The van der Waals surface area contributed by atoms with E-state index in [9.17, 15) is 0 Å². The zero-order chi connectivity index (χ0) is 16.6. The fourth-order valence-corrected chi connectivity index (χ4v) is 4.31. The SMILES string of the molecule is Cc1cc(C)cc(-n2ncc(CN3CCC4(CCNCC4)C3)n2)c1. The van der Waals surface area contributed by atoms with Crippen LogP contribution in [0.4, 0.5) is 0 Å². The topological polar surface area (TPSA) is 46.0 Å². The van der Waals surface area contributed by atoms with Gasteiger partial charge in [-0.3, -0.25) is 4.90 Å². The Balaban J connectivity index is 1.44. The molecule has 24 heavy (non-hydrogen) atoms. The van der Waals surface area contributed by atoms with Gasteiger partial charge in [-0.2, -0.15) is 15.0 Å². The summed E-state index contributed by atoms with van der Waals surface area (Å²) in [5.74, 6) is 0. The number of benzene rings is 1. The number of hydrogen-bond donors (Lipinski definition) is 1. The van der Waals surface area contributed by atoms with Gasteiger partial charge in [0.15, 0.2) is 0 Å². The molecule has 1 N–H and O–H groups in total. The molecule has 5 nitrogen and oxygen atoms in total. The maximum atomic E-state index is 4.71. The van der Waals surface area contributed by atoms with E-state index in [4.69, 9.17) is 5.10 Å². The molecule has 0 amide bonds. The third kappa shape index (κ3) is 3.23. The van der Waals surface area contributed by atoms with E-state index in [1.807, 2.05) is 6.20 Å². The zero-order valence-corrected chi connectivity index (χ0v) is 14.8. The summed E-state index contributed by atoms with van der Waals surface area (Å²) in [5, 5.41) is 12.7. The van der Waals surface area contributed by atoms with Crippen molar-refractivity contribution in [2.75, 3.05) is 26.2 Å². The summed E-state index contributed by atoms with van der Waals surface area (Å²) in [4.78, 5) is 4.33. The second kappa shape index (κ2) is 6.30. The minimum Gasteiger partial charge on any atom is -0.317 e. The van der Waals surface area contributed by atoms with Crippen LogP contribution in [0.1, 0.15) is 36.1 Å². The lowest BCUT2D eigenvalue weighted by atomic mass is 9.78. The van der Waals surface area contributed by atoms with Gasteiger partial charge in [-0.15, -0.1) is 0 Å². The molecule has 0 radical (unpaired) electrons. The molecule has 0 aliphatic carbocycles. The number of likely N-dealkylation sites (tertiary alicyclic amines) is 1. The minimum atomic E-state index is 0.550. The lowest BCUT2D eigenvalue weighted by Crippen LogP contribution is -2.38. The van der Waals surface area contributed by atoms with Crippen molar-refractivity contribution < 1.29 is 0 Å². The molecule has 0 bridgehead atoms. The summed E-state index contributed by atoms with van der Waals surface area (Å²) in [6.45, 7) is 9.90. The number of hydrogen-bond acceptors (Lipinski definition) is 4. The second-order valence-electron chi connectivity index (χ2n) is 7.68. The molecule has 4 rings (SSSR count). The van der Waals surface area contributed by atoms with E-state index in [-0.39, 0.29) is 0 Å². The molecule has 128 valence electrons. The maximum Gasteiger partial charge on any atom is 0.0971 e. The molecule has 0 atom stereocenters. The average Bonchev–Trinajstić information content (AvgIpc) is 3.16. The van der Waals surface area contributed by atoms with Gasteiger partial charge in [0.05, 0.1) is 17.6 Å². The van der Waals surface area contributed by atoms with Gasteiger partial charge in [-0.25, -0.2) is 0 Å².